The van der Waals surface area contributed by atoms with Crippen molar-refractivity contribution < 1.29 is 37.9 Å². The molecular weight excluding hydrogens is 665 g/mol. The SMILES string of the molecule is CCCCCCCC/C=C\CCCCCCCC(=O)NCCOP(=O)(O)OCC(O)COC(=O)CCCCCCC/C=C\CCCCCCCC. The Kier molecular flexibility index (Phi) is 37.1. The smallest absolute Gasteiger partial charge is 0.463 e. The summed E-state index contributed by atoms with van der Waals surface area (Å²) < 4.78 is 26.8. The Balaban J connectivity index is 3.62. The first-order valence-electron chi connectivity index (χ1n) is 20.8. The third-order valence-electron chi connectivity index (χ3n) is 8.85. The lowest BCUT2D eigenvalue weighted by atomic mass is 10.1. The van der Waals surface area contributed by atoms with Gasteiger partial charge in [0, 0.05) is 19.4 Å². The lowest BCUT2D eigenvalue weighted by Gasteiger charge is -2.15. The number of carbonyl (C=O) groups excluding carboxylic acids is 2. The van der Waals surface area contributed by atoms with Crippen LogP contribution in [0.1, 0.15) is 194 Å². The fourth-order valence-electron chi connectivity index (χ4n) is 5.66. The van der Waals surface area contributed by atoms with Gasteiger partial charge in [0.05, 0.1) is 13.2 Å². The molecule has 0 saturated heterocycles. The molecule has 0 saturated carbocycles. The molecule has 0 aliphatic carbocycles. The van der Waals surface area contributed by atoms with Gasteiger partial charge in [0.15, 0.2) is 0 Å². The highest BCUT2D eigenvalue weighted by Crippen LogP contribution is 2.42. The van der Waals surface area contributed by atoms with Crippen LogP contribution in [-0.4, -0.2) is 54.3 Å². The standard InChI is InChI=1S/C41H78NO8P/c1-3-5-7-9-11-13-15-17-19-21-23-25-27-29-31-33-40(44)42-35-36-49-51(46,47)50-38-39(43)37-48-41(45)34-32-30-28-26-24-22-20-18-16-14-12-10-8-6-4-2/h17-20,39,43H,3-16,21-38H2,1-2H3,(H,42,44)(H,46,47)/b19-17-,20-18-. The molecule has 10 heteroatoms. The van der Waals surface area contributed by atoms with E-state index in [0.29, 0.717) is 6.42 Å². The number of amides is 1. The number of esters is 1. The highest BCUT2D eigenvalue weighted by molar-refractivity contribution is 7.47. The first-order chi connectivity index (χ1) is 24.8. The van der Waals surface area contributed by atoms with Crippen molar-refractivity contribution in [1.29, 1.82) is 0 Å². The molecule has 51 heavy (non-hydrogen) atoms. The number of phosphoric ester groups is 1. The molecule has 0 radical (unpaired) electrons. The van der Waals surface area contributed by atoms with Crippen molar-refractivity contribution in [3.63, 3.8) is 0 Å². The number of carbonyl (C=O) groups is 2. The van der Waals surface area contributed by atoms with E-state index in [1.807, 2.05) is 0 Å². The number of unbranched alkanes of at least 4 members (excludes halogenated alkanes) is 22. The summed E-state index contributed by atoms with van der Waals surface area (Å²) in [6.07, 6.45) is 39.6. The first kappa shape index (κ1) is 49.5. The average molecular weight is 744 g/mol. The van der Waals surface area contributed by atoms with Gasteiger partial charge in [-0.05, 0) is 64.2 Å². The molecule has 2 atom stereocenters. The number of ether oxygens (including phenoxy) is 1. The zero-order valence-electron chi connectivity index (χ0n) is 32.8. The average Bonchev–Trinajstić information content (AvgIpc) is 3.11. The van der Waals surface area contributed by atoms with Crippen molar-refractivity contribution in [3.05, 3.63) is 24.3 Å². The summed E-state index contributed by atoms with van der Waals surface area (Å²) >= 11 is 0. The predicted molar refractivity (Wildman–Crippen MR) is 211 cm³/mol. The van der Waals surface area contributed by atoms with Crippen LogP contribution < -0.4 is 5.32 Å². The van der Waals surface area contributed by atoms with Gasteiger partial charge in [-0.1, -0.05) is 141 Å². The van der Waals surface area contributed by atoms with Gasteiger partial charge in [0.2, 0.25) is 5.91 Å². The Labute approximate surface area is 312 Å². The number of nitrogens with one attached hydrogen (secondary N) is 1. The van der Waals surface area contributed by atoms with Gasteiger partial charge in [-0.2, -0.15) is 0 Å². The Morgan fingerprint density at radius 2 is 1.00 bits per heavy atom. The van der Waals surface area contributed by atoms with Crippen LogP contribution in [0.4, 0.5) is 0 Å². The zero-order chi connectivity index (χ0) is 37.5. The Bertz CT molecular complexity index is 897. The largest absolute Gasteiger partial charge is 0.472 e. The van der Waals surface area contributed by atoms with Gasteiger partial charge in [0.25, 0.3) is 0 Å². The number of hydrogen-bond donors (Lipinski definition) is 3. The molecule has 0 aromatic heterocycles. The van der Waals surface area contributed by atoms with Crippen molar-refractivity contribution in [2.24, 2.45) is 0 Å². The molecule has 0 aromatic carbocycles. The van der Waals surface area contributed by atoms with Gasteiger partial charge >= 0.3 is 13.8 Å². The van der Waals surface area contributed by atoms with Crippen LogP contribution in [-0.2, 0) is 27.9 Å². The van der Waals surface area contributed by atoms with Gasteiger partial charge in [-0.3, -0.25) is 18.6 Å². The highest BCUT2D eigenvalue weighted by atomic mass is 31.2. The minimum absolute atomic E-state index is 0.0777. The molecule has 0 fully saturated rings. The van der Waals surface area contributed by atoms with E-state index >= 15 is 0 Å². The predicted octanol–water partition coefficient (Wildman–Crippen LogP) is 11.2. The van der Waals surface area contributed by atoms with E-state index < -0.39 is 26.5 Å². The fraction of sp³-hybridized carbons (Fsp3) is 0.854. The number of rotatable bonds is 39. The molecule has 0 aliphatic rings. The second-order valence-corrected chi connectivity index (χ2v) is 15.4. The van der Waals surface area contributed by atoms with E-state index in [1.54, 1.807) is 0 Å². The van der Waals surface area contributed by atoms with Gasteiger partial charge in [0.1, 0.15) is 12.7 Å². The molecule has 2 unspecified atom stereocenters. The van der Waals surface area contributed by atoms with Crippen molar-refractivity contribution in [3.8, 4) is 0 Å². The minimum atomic E-state index is -4.41. The number of hydrogen-bond acceptors (Lipinski definition) is 7. The number of allylic oxidation sites excluding steroid dienone is 4. The summed E-state index contributed by atoms with van der Waals surface area (Å²) in [5, 5.41) is 12.7. The maximum atomic E-state index is 12.1. The molecule has 0 bridgehead atoms. The number of aliphatic hydroxyl groups excluding tert-OH is 1. The lowest BCUT2D eigenvalue weighted by Crippen LogP contribution is -2.27. The Morgan fingerprint density at radius 1 is 0.588 bits per heavy atom. The van der Waals surface area contributed by atoms with Gasteiger partial charge < -0.3 is 20.1 Å². The number of phosphoric acid groups is 1. The normalized spacial score (nSPS) is 13.6. The molecule has 300 valence electrons. The second-order valence-electron chi connectivity index (χ2n) is 14.0. The lowest BCUT2D eigenvalue weighted by molar-refractivity contribution is -0.147. The third-order valence-corrected chi connectivity index (χ3v) is 9.84. The van der Waals surface area contributed by atoms with Crippen LogP contribution in [0, 0.1) is 0 Å². The van der Waals surface area contributed by atoms with Gasteiger partial charge in [-0.15, -0.1) is 0 Å². The van der Waals surface area contributed by atoms with Crippen LogP contribution in [0.5, 0.6) is 0 Å². The van der Waals surface area contributed by atoms with E-state index in [1.165, 1.54) is 96.3 Å². The van der Waals surface area contributed by atoms with E-state index in [-0.39, 0.29) is 32.1 Å². The molecule has 9 nitrogen and oxygen atoms in total. The second kappa shape index (κ2) is 38.2. The maximum Gasteiger partial charge on any atom is 0.472 e. The van der Waals surface area contributed by atoms with Gasteiger partial charge in [-0.25, -0.2) is 4.57 Å². The molecule has 3 N–H and O–H groups in total. The Hall–Kier alpha value is -1.51. The van der Waals surface area contributed by atoms with E-state index in [4.69, 9.17) is 13.8 Å². The zero-order valence-corrected chi connectivity index (χ0v) is 33.7. The molecule has 0 aliphatic heterocycles. The summed E-state index contributed by atoms with van der Waals surface area (Å²) in [5.41, 5.74) is 0. The van der Waals surface area contributed by atoms with Crippen molar-refractivity contribution >= 4 is 19.7 Å². The van der Waals surface area contributed by atoms with Crippen LogP contribution in [0.2, 0.25) is 0 Å². The van der Waals surface area contributed by atoms with Crippen LogP contribution >= 0.6 is 7.82 Å². The van der Waals surface area contributed by atoms with Crippen molar-refractivity contribution in [2.45, 2.75) is 200 Å². The summed E-state index contributed by atoms with van der Waals surface area (Å²) in [5.74, 6) is -0.531. The quantitative estimate of drug-likeness (QED) is 0.0245. The summed E-state index contributed by atoms with van der Waals surface area (Å²) in [7, 11) is -4.41. The van der Waals surface area contributed by atoms with Crippen LogP contribution in [0.3, 0.4) is 0 Å². The molecule has 0 spiro atoms. The minimum Gasteiger partial charge on any atom is -0.463 e. The fourth-order valence-corrected chi connectivity index (χ4v) is 6.42. The molecular formula is C41H78NO8P. The summed E-state index contributed by atoms with van der Waals surface area (Å²) in [6.45, 7) is 3.53. The van der Waals surface area contributed by atoms with E-state index in [2.05, 4.69) is 43.5 Å². The molecule has 0 aromatic rings. The molecule has 1 amide bonds. The van der Waals surface area contributed by atoms with E-state index in [0.717, 1.165) is 70.6 Å². The summed E-state index contributed by atoms with van der Waals surface area (Å²) in [6, 6.07) is 0. The van der Waals surface area contributed by atoms with E-state index in [9.17, 15) is 24.2 Å². The molecule has 0 heterocycles. The topological polar surface area (TPSA) is 131 Å². The Morgan fingerprint density at radius 3 is 1.47 bits per heavy atom. The van der Waals surface area contributed by atoms with Crippen molar-refractivity contribution in [1.82, 2.24) is 5.32 Å². The van der Waals surface area contributed by atoms with Crippen molar-refractivity contribution in [2.75, 3.05) is 26.4 Å². The first-order valence-corrected chi connectivity index (χ1v) is 22.3. The molecule has 0 rings (SSSR count). The van der Waals surface area contributed by atoms with Crippen LogP contribution in [0.15, 0.2) is 24.3 Å². The van der Waals surface area contributed by atoms with Crippen LogP contribution in [0.25, 0.3) is 0 Å². The monoisotopic (exact) mass is 744 g/mol. The highest BCUT2D eigenvalue weighted by Gasteiger charge is 2.23. The summed E-state index contributed by atoms with van der Waals surface area (Å²) in [4.78, 5) is 33.8. The number of aliphatic hydroxyl groups is 1. The maximum absolute atomic E-state index is 12.1. The third kappa shape index (κ3) is 39.5.